The molecule has 2 rings (SSSR count). The average Bonchev–Trinajstić information content (AvgIpc) is 2.77. The maximum absolute atomic E-state index is 12.5. The average molecular weight is 489 g/mol. The molecule has 1 N–H and O–H groups in total. The third-order valence-corrected chi connectivity index (χ3v) is 4.63. The van der Waals surface area contributed by atoms with Crippen LogP contribution in [0.15, 0.2) is 46.4 Å². The molecule has 2 aromatic rings. The van der Waals surface area contributed by atoms with Crippen molar-refractivity contribution in [2.45, 2.75) is 6.92 Å². The molecule has 0 heterocycles. The van der Waals surface area contributed by atoms with E-state index in [1.165, 1.54) is 13.2 Å². The molecule has 162 valence electrons. The van der Waals surface area contributed by atoms with E-state index in [1.807, 2.05) is 6.07 Å². The van der Waals surface area contributed by atoms with Gasteiger partial charge in [0.15, 0.2) is 18.1 Å². The lowest BCUT2D eigenvalue weighted by molar-refractivity contribution is -0.145. The van der Waals surface area contributed by atoms with E-state index < -0.39 is 11.9 Å². The summed E-state index contributed by atoms with van der Waals surface area (Å²) in [4.78, 5) is 24.0. The standard InChI is InChI=1S/C22H21BrN2O6/c1-4-30-21(26)13-31-20-11-18(23)14(10-19(20)29-3)9-15(12-24)22(27)25-16-5-7-17(28-2)8-6-16/h5-11H,4,13H2,1-3H3,(H,25,27)/b15-9-. The lowest BCUT2D eigenvalue weighted by Gasteiger charge is -2.12. The second-order valence-electron chi connectivity index (χ2n) is 5.97. The first-order valence-corrected chi connectivity index (χ1v) is 9.94. The zero-order valence-corrected chi connectivity index (χ0v) is 18.8. The minimum absolute atomic E-state index is 0.112. The van der Waals surface area contributed by atoms with E-state index in [-0.39, 0.29) is 18.8 Å². The Morgan fingerprint density at radius 1 is 1.13 bits per heavy atom. The monoisotopic (exact) mass is 488 g/mol. The highest BCUT2D eigenvalue weighted by molar-refractivity contribution is 9.10. The molecule has 0 bridgehead atoms. The first-order valence-electron chi connectivity index (χ1n) is 9.15. The van der Waals surface area contributed by atoms with E-state index >= 15 is 0 Å². The molecule has 0 aliphatic rings. The minimum atomic E-state index is -0.568. The highest BCUT2D eigenvalue weighted by Crippen LogP contribution is 2.34. The van der Waals surface area contributed by atoms with Crippen LogP contribution in [0, 0.1) is 11.3 Å². The number of carbonyl (C=O) groups excluding carboxylic acids is 2. The first-order chi connectivity index (χ1) is 14.9. The van der Waals surface area contributed by atoms with Crippen LogP contribution < -0.4 is 19.5 Å². The summed E-state index contributed by atoms with van der Waals surface area (Å²) in [6, 6.07) is 11.8. The third-order valence-electron chi connectivity index (χ3n) is 3.95. The van der Waals surface area contributed by atoms with Crippen molar-refractivity contribution in [1.82, 2.24) is 0 Å². The van der Waals surface area contributed by atoms with Crippen molar-refractivity contribution in [2.24, 2.45) is 0 Å². The number of hydrogen-bond donors (Lipinski definition) is 1. The number of methoxy groups -OCH3 is 2. The van der Waals surface area contributed by atoms with Crippen molar-refractivity contribution in [3.05, 3.63) is 52.0 Å². The molecule has 9 heteroatoms. The number of nitriles is 1. The van der Waals surface area contributed by atoms with Gasteiger partial charge in [0.1, 0.15) is 17.4 Å². The third kappa shape index (κ3) is 6.76. The van der Waals surface area contributed by atoms with Gasteiger partial charge in [-0.2, -0.15) is 5.26 Å². The molecule has 0 radical (unpaired) electrons. The summed E-state index contributed by atoms with van der Waals surface area (Å²) in [5, 5.41) is 12.1. The smallest absolute Gasteiger partial charge is 0.344 e. The van der Waals surface area contributed by atoms with E-state index in [1.54, 1.807) is 50.4 Å². The number of esters is 1. The van der Waals surface area contributed by atoms with Crippen LogP contribution in [0.3, 0.4) is 0 Å². The van der Waals surface area contributed by atoms with Crippen LogP contribution in [0.25, 0.3) is 6.08 Å². The Kier molecular flexibility index (Phi) is 8.91. The van der Waals surface area contributed by atoms with Crippen molar-refractivity contribution in [2.75, 3.05) is 32.8 Å². The highest BCUT2D eigenvalue weighted by Gasteiger charge is 2.15. The van der Waals surface area contributed by atoms with Gasteiger partial charge < -0.3 is 24.3 Å². The minimum Gasteiger partial charge on any atom is -0.497 e. The van der Waals surface area contributed by atoms with Crippen LogP contribution in [-0.2, 0) is 14.3 Å². The zero-order valence-electron chi connectivity index (χ0n) is 17.2. The summed E-state index contributed by atoms with van der Waals surface area (Å²) in [5.41, 5.74) is 0.923. The van der Waals surface area contributed by atoms with Gasteiger partial charge in [-0.15, -0.1) is 0 Å². The van der Waals surface area contributed by atoms with Gasteiger partial charge in [-0.05, 0) is 55.0 Å². The molecule has 1 amide bonds. The van der Waals surface area contributed by atoms with E-state index in [0.717, 1.165) is 0 Å². The van der Waals surface area contributed by atoms with Crippen LogP contribution in [0.4, 0.5) is 5.69 Å². The van der Waals surface area contributed by atoms with Gasteiger partial charge in [-0.3, -0.25) is 4.79 Å². The van der Waals surface area contributed by atoms with Crippen molar-refractivity contribution >= 4 is 39.6 Å². The van der Waals surface area contributed by atoms with Gasteiger partial charge in [0.05, 0.1) is 20.8 Å². The number of halogens is 1. The Hall–Kier alpha value is -3.51. The van der Waals surface area contributed by atoms with Crippen molar-refractivity contribution < 1.29 is 28.5 Å². The summed E-state index contributed by atoms with van der Waals surface area (Å²) < 4.78 is 21.2. The Morgan fingerprint density at radius 3 is 2.42 bits per heavy atom. The predicted molar refractivity (Wildman–Crippen MR) is 118 cm³/mol. The maximum atomic E-state index is 12.5. The lowest BCUT2D eigenvalue weighted by Crippen LogP contribution is -2.15. The van der Waals surface area contributed by atoms with E-state index in [0.29, 0.717) is 33.0 Å². The summed E-state index contributed by atoms with van der Waals surface area (Å²) in [7, 11) is 2.99. The Balaban J connectivity index is 2.23. The number of anilines is 1. The van der Waals surface area contributed by atoms with Crippen LogP contribution in [-0.4, -0.2) is 39.3 Å². The van der Waals surface area contributed by atoms with Crippen LogP contribution in [0.2, 0.25) is 0 Å². The Bertz CT molecular complexity index is 1010. The molecule has 0 saturated heterocycles. The fourth-order valence-electron chi connectivity index (χ4n) is 2.45. The summed E-state index contributed by atoms with van der Waals surface area (Å²) in [6.45, 7) is 1.68. The van der Waals surface area contributed by atoms with Gasteiger partial charge in [-0.25, -0.2) is 4.79 Å². The van der Waals surface area contributed by atoms with Crippen molar-refractivity contribution in [1.29, 1.82) is 5.26 Å². The normalized spacial score (nSPS) is 10.6. The lowest BCUT2D eigenvalue weighted by atomic mass is 10.1. The fraction of sp³-hybridized carbons (Fsp3) is 0.227. The molecule has 8 nitrogen and oxygen atoms in total. The van der Waals surface area contributed by atoms with E-state index in [4.69, 9.17) is 18.9 Å². The zero-order chi connectivity index (χ0) is 22.8. The van der Waals surface area contributed by atoms with Crippen molar-refractivity contribution in [3.63, 3.8) is 0 Å². The number of nitrogens with one attached hydrogen (secondary N) is 1. The van der Waals surface area contributed by atoms with Gasteiger partial charge in [0.25, 0.3) is 5.91 Å². The summed E-state index contributed by atoms with van der Waals surface area (Å²) in [5.74, 6) is 0.204. The molecule has 0 spiro atoms. The summed E-state index contributed by atoms with van der Waals surface area (Å²) in [6.07, 6.45) is 1.42. The fourth-order valence-corrected chi connectivity index (χ4v) is 2.89. The number of carbonyl (C=O) groups is 2. The number of amides is 1. The number of hydrogen-bond acceptors (Lipinski definition) is 7. The molecule has 2 aromatic carbocycles. The summed E-state index contributed by atoms with van der Waals surface area (Å²) >= 11 is 3.39. The Labute approximate surface area is 188 Å². The molecule has 31 heavy (non-hydrogen) atoms. The Morgan fingerprint density at radius 2 is 1.84 bits per heavy atom. The number of benzene rings is 2. The highest BCUT2D eigenvalue weighted by atomic mass is 79.9. The van der Waals surface area contributed by atoms with Gasteiger partial charge in [-0.1, -0.05) is 15.9 Å². The largest absolute Gasteiger partial charge is 0.497 e. The molecule has 0 atom stereocenters. The van der Waals surface area contributed by atoms with Crippen LogP contribution in [0.1, 0.15) is 12.5 Å². The molecule has 0 aliphatic carbocycles. The van der Waals surface area contributed by atoms with Gasteiger partial charge in [0, 0.05) is 10.2 Å². The van der Waals surface area contributed by atoms with Crippen LogP contribution in [0.5, 0.6) is 17.2 Å². The molecule has 0 aromatic heterocycles. The molecular formula is C22H21BrN2O6. The molecule has 0 saturated carbocycles. The molecule has 0 fully saturated rings. The van der Waals surface area contributed by atoms with Crippen molar-refractivity contribution in [3.8, 4) is 23.3 Å². The second-order valence-corrected chi connectivity index (χ2v) is 6.83. The predicted octanol–water partition coefficient (Wildman–Crippen LogP) is 3.95. The van der Waals surface area contributed by atoms with Gasteiger partial charge >= 0.3 is 5.97 Å². The molecular weight excluding hydrogens is 468 g/mol. The topological polar surface area (TPSA) is 107 Å². The van der Waals surface area contributed by atoms with E-state index in [2.05, 4.69) is 21.2 Å². The number of rotatable bonds is 9. The van der Waals surface area contributed by atoms with Gasteiger partial charge in [0.2, 0.25) is 0 Å². The molecule has 0 aliphatic heterocycles. The molecule has 0 unspecified atom stereocenters. The number of ether oxygens (including phenoxy) is 4. The number of nitrogens with zero attached hydrogens (tertiary/aromatic N) is 1. The first kappa shape index (κ1) is 23.8. The maximum Gasteiger partial charge on any atom is 0.344 e. The second kappa shape index (κ2) is 11.6. The van der Waals surface area contributed by atoms with Crippen LogP contribution >= 0.6 is 15.9 Å². The van der Waals surface area contributed by atoms with E-state index in [9.17, 15) is 14.9 Å². The quantitative estimate of drug-likeness (QED) is 0.323. The SMILES string of the molecule is CCOC(=O)COc1cc(Br)c(/C=C(/C#N)C(=O)Nc2ccc(OC)cc2)cc1OC.